The van der Waals surface area contributed by atoms with Crippen molar-refractivity contribution in [3.8, 4) is 6.07 Å². The Bertz CT molecular complexity index is 623. The van der Waals surface area contributed by atoms with Gasteiger partial charge in [0.05, 0.1) is 18.7 Å². The van der Waals surface area contributed by atoms with E-state index in [4.69, 9.17) is 28.5 Å². The van der Waals surface area contributed by atoms with Crippen LogP contribution in [0.15, 0.2) is 42.7 Å². The molecule has 1 atom stereocenters. The number of halogens is 2. The van der Waals surface area contributed by atoms with E-state index in [-0.39, 0.29) is 6.04 Å². The number of rotatable bonds is 4. The second-order valence-corrected chi connectivity index (χ2v) is 5.27. The number of hydrogen-bond acceptors (Lipinski definition) is 3. The van der Waals surface area contributed by atoms with Gasteiger partial charge in [-0.1, -0.05) is 35.3 Å². The second-order valence-electron chi connectivity index (χ2n) is 4.43. The molecular weight excluding hydrogens is 293 g/mol. The highest BCUT2D eigenvalue weighted by Gasteiger charge is 2.21. The molecule has 0 unspecified atom stereocenters. The minimum Gasteiger partial charge on any atom is -0.282 e. The van der Waals surface area contributed by atoms with E-state index in [1.165, 1.54) is 0 Å². The SMILES string of the molecule is CN(CC#N)[C@H](c1cccnc1)c1ccc(Cl)cc1Cl. The van der Waals surface area contributed by atoms with Crippen molar-refractivity contribution in [2.24, 2.45) is 0 Å². The lowest BCUT2D eigenvalue weighted by Gasteiger charge is -2.27. The molecule has 0 aliphatic carbocycles. The fourth-order valence-corrected chi connectivity index (χ4v) is 2.65. The maximum absolute atomic E-state index is 8.93. The highest BCUT2D eigenvalue weighted by atomic mass is 35.5. The van der Waals surface area contributed by atoms with Crippen molar-refractivity contribution in [3.63, 3.8) is 0 Å². The standard InChI is InChI=1S/C15H13Cl2N3/c1-20(8-6-18)15(11-3-2-7-19-10-11)13-5-4-12(16)9-14(13)17/h2-5,7,9-10,15H,8H2,1H3/t15-/m1/s1. The third-order valence-corrected chi connectivity index (χ3v) is 3.58. The molecular formula is C15H13Cl2N3. The highest BCUT2D eigenvalue weighted by Crippen LogP contribution is 2.33. The van der Waals surface area contributed by atoms with Crippen LogP contribution in [0.3, 0.4) is 0 Å². The van der Waals surface area contributed by atoms with Gasteiger partial charge >= 0.3 is 0 Å². The summed E-state index contributed by atoms with van der Waals surface area (Å²) in [5, 5.41) is 10.1. The molecule has 5 heteroatoms. The maximum Gasteiger partial charge on any atom is 0.0871 e. The molecule has 0 saturated heterocycles. The zero-order valence-electron chi connectivity index (χ0n) is 10.9. The molecule has 0 aliphatic rings. The van der Waals surface area contributed by atoms with E-state index in [1.54, 1.807) is 24.5 Å². The minimum atomic E-state index is -0.131. The van der Waals surface area contributed by atoms with Gasteiger partial charge in [-0.2, -0.15) is 5.26 Å². The largest absolute Gasteiger partial charge is 0.282 e. The topological polar surface area (TPSA) is 39.9 Å². The summed E-state index contributed by atoms with van der Waals surface area (Å²) in [6.45, 7) is 0.290. The summed E-state index contributed by atoms with van der Waals surface area (Å²) in [5.41, 5.74) is 1.89. The first kappa shape index (κ1) is 14.8. The van der Waals surface area contributed by atoms with Crippen molar-refractivity contribution in [2.75, 3.05) is 13.6 Å². The average molecular weight is 306 g/mol. The number of nitrogens with zero attached hydrogens (tertiary/aromatic N) is 3. The van der Waals surface area contributed by atoms with Crippen LogP contribution in [0.5, 0.6) is 0 Å². The normalized spacial score (nSPS) is 12.2. The van der Waals surface area contributed by atoms with Gasteiger partial charge in [0.2, 0.25) is 0 Å². The van der Waals surface area contributed by atoms with E-state index in [0.717, 1.165) is 11.1 Å². The van der Waals surface area contributed by atoms with Gasteiger partial charge in [0.25, 0.3) is 0 Å². The Kier molecular flexibility index (Phi) is 4.97. The molecule has 0 fully saturated rings. The van der Waals surface area contributed by atoms with Crippen LogP contribution >= 0.6 is 23.2 Å². The Balaban J connectivity index is 2.49. The predicted octanol–water partition coefficient (Wildman–Crippen LogP) is 3.93. The van der Waals surface area contributed by atoms with Crippen molar-refractivity contribution >= 4 is 23.2 Å². The van der Waals surface area contributed by atoms with Crippen LogP contribution in [-0.2, 0) is 0 Å². The Morgan fingerprint density at radius 3 is 2.75 bits per heavy atom. The van der Waals surface area contributed by atoms with E-state index >= 15 is 0 Å². The first-order valence-corrected chi connectivity index (χ1v) is 6.81. The van der Waals surface area contributed by atoms with Crippen LogP contribution in [0, 0.1) is 11.3 Å². The second kappa shape index (κ2) is 6.71. The molecule has 2 aromatic rings. The molecule has 1 aromatic heterocycles. The quantitative estimate of drug-likeness (QED) is 0.803. The number of hydrogen-bond donors (Lipinski definition) is 0. The molecule has 102 valence electrons. The first-order chi connectivity index (χ1) is 9.63. The minimum absolute atomic E-state index is 0.131. The molecule has 0 spiro atoms. The summed E-state index contributed by atoms with van der Waals surface area (Å²) in [7, 11) is 1.88. The summed E-state index contributed by atoms with van der Waals surface area (Å²) >= 11 is 12.2. The van der Waals surface area contributed by atoms with E-state index in [9.17, 15) is 0 Å². The monoisotopic (exact) mass is 305 g/mol. The zero-order valence-corrected chi connectivity index (χ0v) is 12.4. The van der Waals surface area contributed by atoms with Gasteiger partial charge in [-0.3, -0.25) is 9.88 Å². The lowest BCUT2D eigenvalue weighted by atomic mass is 9.99. The lowest BCUT2D eigenvalue weighted by Crippen LogP contribution is -2.26. The number of aromatic nitrogens is 1. The van der Waals surface area contributed by atoms with Crippen LogP contribution in [0.25, 0.3) is 0 Å². The van der Waals surface area contributed by atoms with Gasteiger partial charge in [0.15, 0.2) is 0 Å². The Morgan fingerprint density at radius 2 is 2.15 bits per heavy atom. The Labute approximate surface area is 128 Å². The van der Waals surface area contributed by atoms with E-state index in [0.29, 0.717) is 16.6 Å². The molecule has 0 bridgehead atoms. The molecule has 2 rings (SSSR count). The molecule has 1 heterocycles. The van der Waals surface area contributed by atoms with Crippen LogP contribution in [0.4, 0.5) is 0 Å². The summed E-state index contributed by atoms with van der Waals surface area (Å²) in [4.78, 5) is 6.06. The summed E-state index contributed by atoms with van der Waals surface area (Å²) in [5.74, 6) is 0. The third-order valence-electron chi connectivity index (χ3n) is 3.02. The van der Waals surface area contributed by atoms with Gasteiger partial charge in [0.1, 0.15) is 0 Å². The van der Waals surface area contributed by atoms with Gasteiger partial charge in [-0.05, 0) is 36.4 Å². The van der Waals surface area contributed by atoms with Crippen molar-refractivity contribution in [3.05, 3.63) is 63.9 Å². The van der Waals surface area contributed by atoms with Crippen molar-refractivity contribution < 1.29 is 0 Å². The molecule has 20 heavy (non-hydrogen) atoms. The van der Waals surface area contributed by atoms with Crippen molar-refractivity contribution in [2.45, 2.75) is 6.04 Å². The third kappa shape index (κ3) is 3.29. The Hall–Kier alpha value is -1.60. The van der Waals surface area contributed by atoms with Gasteiger partial charge in [0, 0.05) is 22.4 Å². The van der Waals surface area contributed by atoms with Gasteiger partial charge in [-0.15, -0.1) is 0 Å². The first-order valence-electron chi connectivity index (χ1n) is 6.05. The molecule has 0 radical (unpaired) electrons. The summed E-state index contributed by atoms with van der Waals surface area (Å²) in [6.07, 6.45) is 3.50. The lowest BCUT2D eigenvalue weighted by molar-refractivity contribution is 0.312. The fourth-order valence-electron chi connectivity index (χ4n) is 2.14. The van der Waals surface area contributed by atoms with Gasteiger partial charge in [-0.25, -0.2) is 0 Å². The highest BCUT2D eigenvalue weighted by molar-refractivity contribution is 6.35. The van der Waals surface area contributed by atoms with E-state index < -0.39 is 0 Å². The molecule has 0 N–H and O–H groups in total. The van der Waals surface area contributed by atoms with E-state index in [1.807, 2.05) is 30.1 Å². The van der Waals surface area contributed by atoms with Crippen LogP contribution < -0.4 is 0 Å². The molecule has 0 aliphatic heterocycles. The number of nitriles is 1. The number of pyridine rings is 1. The van der Waals surface area contributed by atoms with Crippen molar-refractivity contribution in [1.29, 1.82) is 5.26 Å². The van der Waals surface area contributed by atoms with Crippen LogP contribution in [0.2, 0.25) is 10.0 Å². The fraction of sp³-hybridized carbons (Fsp3) is 0.200. The molecule has 0 amide bonds. The summed E-state index contributed by atoms with van der Waals surface area (Å²) in [6, 6.07) is 11.3. The summed E-state index contributed by atoms with van der Waals surface area (Å²) < 4.78 is 0. The zero-order chi connectivity index (χ0) is 14.5. The Morgan fingerprint density at radius 1 is 1.35 bits per heavy atom. The van der Waals surface area contributed by atoms with Crippen molar-refractivity contribution in [1.82, 2.24) is 9.88 Å². The van der Waals surface area contributed by atoms with Crippen LogP contribution in [0.1, 0.15) is 17.2 Å². The maximum atomic E-state index is 8.93. The smallest absolute Gasteiger partial charge is 0.0871 e. The van der Waals surface area contributed by atoms with Gasteiger partial charge < -0.3 is 0 Å². The average Bonchev–Trinajstić information content (AvgIpc) is 2.43. The van der Waals surface area contributed by atoms with E-state index in [2.05, 4.69) is 11.1 Å². The van der Waals surface area contributed by atoms with Crippen LogP contribution in [-0.4, -0.2) is 23.5 Å². The molecule has 1 aromatic carbocycles. The molecule has 3 nitrogen and oxygen atoms in total. The number of benzene rings is 1. The predicted molar refractivity (Wildman–Crippen MR) is 80.8 cm³/mol. The molecule has 0 saturated carbocycles.